The average Bonchev–Trinajstić information content (AvgIpc) is 2.17. The highest BCUT2D eigenvalue weighted by Crippen LogP contribution is 2.36. The number of rotatable bonds is 3. The molecule has 18 heavy (non-hydrogen) atoms. The Morgan fingerprint density at radius 1 is 1.17 bits per heavy atom. The van der Waals surface area contributed by atoms with Crippen molar-refractivity contribution in [1.82, 2.24) is 0 Å². The molecule has 0 unspecified atom stereocenters. The molecule has 0 aliphatic heterocycles. The van der Waals surface area contributed by atoms with Gasteiger partial charge in [-0.1, -0.05) is 17.7 Å². The topological polar surface area (TPSA) is 86.2 Å². The Morgan fingerprint density at radius 2 is 1.67 bits per heavy atom. The number of benzene rings is 1. The number of carbonyl (C=O) groups excluding carboxylic acids is 2. The highest BCUT2D eigenvalue weighted by molar-refractivity contribution is 6.31. The highest BCUT2D eigenvalue weighted by atomic mass is 35.5. The first kappa shape index (κ1) is 14.3. The summed E-state index contributed by atoms with van der Waals surface area (Å²) >= 11 is 5.39. The van der Waals surface area contributed by atoms with Crippen molar-refractivity contribution in [3.05, 3.63) is 34.3 Å². The second-order valence-corrected chi connectivity index (χ2v) is 3.88. The fourth-order valence-corrected chi connectivity index (χ4v) is 1.63. The van der Waals surface area contributed by atoms with Gasteiger partial charge in [-0.3, -0.25) is 9.59 Å². The van der Waals surface area contributed by atoms with Gasteiger partial charge >= 0.3 is 6.18 Å². The molecule has 0 aromatic heterocycles. The second kappa shape index (κ2) is 4.85. The molecule has 8 heteroatoms. The predicted octanol–water partition coefficient (Wildman–Crippen LogP) is 1.41. The highest BCUT2D eigenvalue weighted by Gasteiger charge is 2.35. The summed E-state index contributed by atoms with van der Waals surface area (Å²) < 4.78 is 37.7. The van der Waals surface area contributed by atoms with Crippen LogP contribution in [0.3, 0.4) is 0 Å². The van der Waals surface area contributed by atoms with Gasteiger partial charge in [0.05, 0.1) is 10.6 Å². The van der Waals surface area contributed by atoms with E-state index in [9.17, 15) is 22.8 Å². The smallest absolute Gasteiger partial charge is 0.369 e. The van der Waals surface area contributed by atoms with Crippen molar-refractivity contribution in [1.29, 1.82) is 0 Å². The third kappa shape index (κ3) is 2.92. The van der Waals surface area contributed by atoms with E-state index in [2.05, 4.69) is 0 Å². The van der Waals surface area contributed by atoms with Crippen molar-refractivity contribution in [3.63, 3.8) is 0 Å². The molecule has 0 spiro atoms. The van der Waals surface area contributed by atoms with Gasteiger partial charge in [0, 0.05) is 0 Å². The molecule has 0 fully saturated rings. The molecule has 0 aliphatic rings. The zero-order chi connectivity index (χ0) is 14.1. The Balaban J connectivity index is 3.35. The summed E-state index contributed by atoms with van der Waals surface area (Å²) in [5.74, 6) is -3.88. The second-order valence-electron chi connectivity index (χ2n) is 3.47. The van der Waals surface area contributed by atoms with Crippen molar-refractivity contribution in [2.75, 3.05) is 0 Å². The van der Waals surface area contributed by atoms with E-state index in [1.165, 1.54) is 0 Å². The third-order valence-electron chi connectivity index (χ3n) is 2.20. The number of carbonyl (C=O) groups is 2. The largest absolute Gasteiger partial charge is 0.417 e. The Hall–Kier alpha value is -1.76. The average molecular weight is 281 g/mol. The van der Waals surface area contributed by atoms with E-state index in [0.29, 0.717) is 6.07 Å². The van der Waals surface area contributed by atoms with Crippen molar-refractivity contribution < 1.29 is 22.8 Å². The molecule has 1 rings (SSSR count). The molecule has 0 saturated heterocycles. The van der Waals surface area contributed by atoms with Gasteiger partial charge in [-0.15, -0.1) is 0 Å². The first-order chi connectivity index (χ1) is 8.14. The van der Waals surface area contributed by atoms with Crippen molar-refractivity contribution in [2.45, 2.75) is 12.1 Å². The lowest BCUT2D eigenvalue weighted by molar-refractivity contribution is -0.138. The van der Waals surface area contributed by atoms with E-state index in [0.717, 1.165) is 12.1 Å². The van der Waals surface area contributed by atoms with Crippen LogP contribution in [0.4, 0.5) is 13.2 Å². The van der Waals surface area contributed by atoms with Gasteiger partial charge in [-0.25, -0.2) is 0 Å². The summed E-state index contributed by atoms with van der Waals surface area (Å²) in [6.45, 7) is 0. The van der Waals surface area contributed by atoms with Crippen LogP contribution in [-0.4, -0.2) is 11.8 Å². The maximum absolute atomic E-state index is 12.6. The SMILES string of the molecule is NC(=O)C(C(N)=O)c1ccc(Cl)c(C(F)(F)F)c1. The first-order valence-electron chi connectivity index (χ1n) is 4.60. The number of halogens is 4. The zero-order valence-corrected chi connectivity index (χ0v) is 9.55. The molecule has 2 amide bonds. The number of primary amides is 2. The molecular weight excluding hydrogens is 273 g/mol. The normalized spacial score (nSPS) is 11.6. The van der Waals surface area contributed by atoms with Crippen LogP contribution in [0.25, 0.3) is 0 Å². The van der Waals surface area contributed by atoms with Gasteiger partial charge in [0.1, 0.15) is 5.92 Å². The van der Waals surface area contributed by atoms with Crippen LogP contribution in [-0.2, 0) is 15.8 Å². The van der Waals surface area contributed by atoms with Crippen LogP contribution in [0.5, 0.6) is 0 Å². The first-order valence-corrected chi connectivity index (χ1v) is 4.97. The number of hydrogen-bond acceptors (Lipinski definition) is 2. The van der Waals surface area contributed by atoms with Crippen LogP contribution < -0.4 is 11.5 Å². The molecule has 0 heterocycles. The molecule has 0 atom stereocenters. The lowest BCUT2D eigenvalue weighted by atomic mass is 9.96. The fourth-order valence-electron chi connectivity index (χ4n) is 1.41. The summed E-state index contributed by atoms with van der Waals surface area (Å²) in [5.41, 5.74) is 8.42. The Bertz CT molecular complexity index is 488. The molecular formula is C10H8ClF3N2O2. The van der Waals surface area contributed by atoms with E-state index < -0.39 is 34.5 Å². The monoisotopic (exact) mass is 280 g/mol. The molecule has 0 bridgehead atoms. The van der Waals surface area contributed by atoms with Crippen LogP contribution >= 0.6 is 11.6 Å². The molecule has 0 saturated carbocycles. The third-order valence-corrected chi connectivity index (χ3v) is 2.53. The standard InChI is InChI=1S/C10H8ClF3N2O2/c11-6-2-1-4(3-5(6)10(12,13)14)7(8(15)17)9(16)18/h1-3,7H,(H2,15,17)(H2,16,18). The van der Waals surface area contributed by atoms with Gasteiger partial charge in [-0.2, -0.15) is 13.2 Å². The van der Waals surface area contributed by atoms with Crippen molar-refractivity contribution in [3.8, 4) is 0 Å². The van der Waals surface area contributed by atoms with Gasteiger partial charge in [0.25, 0.3) is 0 Å². The Morgan fingerprint density at radius 3 is 2.06 bits per heavy atom. The molecule has 98 valence electrons. The van der Waals surface area contributed by atoms with Gasteiger partial charge < -0.3 is 11.5 Å². The lowest BCUT2D eigenvalue weighted by Gasteiger charge is -2.14. The lowest BCUT2D eigenvalue weighted by Crippen LogP contribution is -2.33. The maximum Gasteiger partial charge on any atom is 0.417 e. The number of amides is 2. The van der Waals surface area contributed by atoms with Crippen LogP contribution in [0.15, 0.2) is 18.2 Å². The number of nitrogens with two attached hydrogens (primary N) is 2. The fraction of sp³-hybridized carbons (Fsp3) is 0.200. The Kier molecular flexibility index (Phi) is 3.85. The van der Waals surface area contributed by atoms with Crippen molar-refractivity contribution in [2.24, 2.45) is 11.5 Å². The van der Waals surface area contributed by atoms with E-state index in [-0.39, 0.29) is 5.56 Å². The number of alkyl halides is 3. The number of hydrogen-bond donors (Lipinski definition) is 2. The summed E-state index contributed by atoms with van der Waals surface area (Å²) in [4.78, 5) is 22.0. The quantitative estimate of drug-likeness (QED) is 0.820. The summed E-state index contributed by atoms with van der Waals surface area (Å²) in [7, 11) is 0. The van der Waals surface area contributed by atoms with Gasteiger partial charge in [-0.05, 0) is 17.7 Å². The zero-order valence-electron chi connectivity index (χ0n) is 8.79. The summed E-state index contributed by atoms with van der Waals surface area (Å²) in [6, 6.07) is 2.61. The maximum atomic E-state index is 12.6. The minimum atomic E-state index is -4.70. The molecule has 1 aromatic rings. The van der Waals surface area contributed by atoms with E-state index in [1.54, 1.807) is 0 Å². The predicted molar refractivity (Wildman–Crippen MR) is 57.6 cm³/mol. The van der Waals surface area contributed by atoms with Crippen LogP contribution in [0, 0.1) is 0 Å². The van der Waals surface area contributed by atoms with Crippen LogP contribution in [0.2, 0.25) is 5.02 Å². The minimum Gasteiger partial charge on any atom is -0.369 e. The Labute approximate surface area is 105 Å². The minimum absolute atomic E-state index is 0.244. The summed E-state index contributed by atoms with van der Waals surface area (Å²) in [5, 5.41) is -0.543. The van der Waals surface area contributed by atoms with Gasteiger partial charge in [0.2, 0.25) is 11.8 Å². The van der Waals surface area contributed by atoms with E-state index >= 15 is 0 Å². The molecule has 4 nitrogen and oxygen atoms in total. The molecule has 1 aromatic carbocycles. The molecule has 0 radical (unpaired) electrons. The van der Waals surface area contributed by atoms with Gasteiger partial charge in [0.15, 0.2) is 0 Å². The van der Waals surface area contributed by atoms with Crippen molar-refractivity contribution >= 4 is 23.4 Å². The molecule has 0 aliphatic carbocycles. The van der Waals surface area contributed by atoms with E-state index in [1.807, 2.05) is 0 Å². The summed E-state index contributed by atoms with van der Waals surface area (Å²) in [6.07, 6.45) is -4.70. The van der Waals surface area contributed by atoms with E-state index in [4.69, 9.17) is 23.1 Å². The van der Waals surface area contributed by atoms with Crippen LogP contribution in [0.1, 0.15) is 17.0 Å². The molecule has 4 N–H and O–H groups in total.